The maximum Gasteiger partial charge on any atom is 0.421 e. The van der Waals surface area contributed by atoms with E-state index in [1.54, 1.807) is 0 Å². The average molecular weight is 241 g/mol. The molecule has 0 unspecified atom stereocenters. The van der Waals surface area contributed by atoms with Crippen molar-refractivity contribution in [2.24, 2.45) is 0 Å². The molecule has 2 nitrogen and oxygen atoms in total. The van der Waals surface area contributed by atoms with Crippen LogP contribution >= 0.6 is 0 Å². The van der Waals surface area contributed by atoms with Gasteiger partial charge in [-0.2, -0.15) is 13.2 Å². The van der Waals surface area contributed by atoms with Crippen molar-refractivity contribution in [3.05, 3.63) is 23.0 Å². The van der Waals surface area contributed by atoms with Gasteiger partial charge < -0.3 is 4.74 Å². The Kier molecular flexibility index (Phi) is 3.35. The van der Waals surface area contributed by atoms with E-state index in [0.717, 1.165) is 14.0 Å². The van der Waals surface area contributed by atoms with Gasteiger partial charge in [0.25, 0.3) is 6.43 Å². The van der Waals surface area contributed by atoms with Crippen LogP contribution in [0.1, 0.15) is 23.2 Å². The van der Waals surface area contributed by atoms with E-state index in [-0.39, 0.29) is 5.56 Å². The SMILES string of the molecule is COc1c(C(F)(F)F)cnc(C(F)F)c1C. The predicted octanol–water partition coefficient (Wildman–Crippen LogP) is 3.36. The van der Waals surface area contributed by atoms with Gasteiger partial charge in [0.15, 0.2) is 0 Å². The van der Waals surface area contributed by atoms with Gasteiger partial charge in [-0.3, -0.25) is 4.98 Å². The second kappa shape index (κ2) is 4.23. The van der Waals surface area contributed by atoms with Gasteiger partial charge >= 0.3 is 6.18 Å². The Balaban J connectivity index is 3.41. The highest BCUT2D eigenvalue weighted by Gasteiger charge is 2.36. The average Bonchev–Trinajstić information content (AvgIpc) is 2.15. The number of methoxy groups -OCH3 is 1. The zero-order chi connectivity index (χ0) is 12.5. The van der Waals surface area contributed by atoms with Crippen LogP contribution in [0.25, 0.3) is 0 Å². The summed E-state index contributed by atoms with van der Waals surface area (Å²) in [4.78, 5) is 3.10. The zero-order valence-electron chi connectivity index (χ0n) is 8.40. The number of nitrogens with zero attached hydrogens (tertiary/aromatic N) is 1. The van der Waals surface area contributed by atoms with Crippen LogP contribution in [-0.4, -0.2) is 12.1 Å². The number of ether oxygens (including phenoxy) is 1. The topological polar surface area (TPSA) is 22.1 Å². The largest absolute Gasteiger partial charge is 0.496 e. The fourth-order valence-electron chi connectivity index (χ4n) is 1.29. The molecular formula is C9H8F5NO. The van der Waals surface area contributed by atoms with Crippen LogP contribution in [0.5, 0.6) is 5.75 Å². The fraction of sp³-hybridized carbons (Fsp3) is 0.444. The van der Waals surface area contributed by atoms with Crippen LogP contribution in [0.2, 0.25) is 0 Å². The molecule has 0 aromatic carbocycles. The molecule has 0 spiro atoms. The number of pyridine rings is 1. The summed E-state index contributed by atoms with van der Waals surface area (Å²) in [5.74, 6) is -0.613. The first kappa shape index (κ1) is 12.7. The van der Waals surface area contributed by atoms with E-state index < -0.39 is 29.6 Å². The third kappa shape index (κ3) is 2.23. The Hall–Kier alpha value is -1.40. The summed E-state index contributed by atoms with van der Waals surface area (Å²) < 4.78 is 66.6. The van der Waals surface area contributed by atoms with Crippen LogP contribution in [0.3, 0.4) is 0 Å². The second-order valence-corrected chi connectivity index (χ2v) is 3.01. The lowest BCUT2D eigenvalue weighted by Crippen LogP contribution is -2.11. The molecular weight excluding hydrogens is 233 g/mol. The lowest BCUT2D eigenvalue weighted by Gasteiger charge is -2.15. The number of halogens is 5. The maximum absolute atomic E-state index is 12.4. The molecule has 0 atom stereocenters. The molecule has 1 heterocycles. The molecule has 90 valence electrons. The first-order valence-corrected chi connectivity index (χ1v) is 4.17. The molecule has 1 rings (SSSR count). The third-order valence-corrected chi connectivity index (χ3v) is 2.02. The van der Waals surface area contributed by atoms with Crippen molar-refractivity contribution in [2.75, 3.05) is 7.11 Å². The minimum absolute atomic E-state index is 0.299. The Morgan fingerprint density at radius 1 is 1.31 bits per heavy atom. The molecule has 0 bridgehead atoms. The van der Waals surface area contributed by atoms with Gasteiger partial charge in [0.1, 0.15) is 17.0 Å². The summed E-state index contributed by atoms with van der Waals surface area (Å²) in [6.45, 7) is 1.11. The van der Waals surface area contributed by atoms with Crippen molar-refractivity contribution in [1.82, 2.24) is 4.98 Å². The molecule has 1 aromatic rings. The summed E-state index contributed by atoms with van der Waals surface area (Å²) in [6.07, 6.45) is -7.26. The van der Waals surface area contributed by atoms with E-state index in [4.69, 9.17) is 0 Å². The highest BCUT2D eigenvalue weighted by Crippen LogP contribution is 2.39. The van der Waals surface area contributed by atoms with Crippen LogP contribution in [-0.2, 0) is 6.18 Å². The monoisotopic (exact) mass is 241 g/mol. The van der Waals surface area contributed by atoms with E-state index in [1.165, 1.54) is 0 Å². The van der Waals surface area contributed by atoms with Crippen LogP contribution < -0.4 is 4.74 Å². The maximum atomic E-state index is 12.4. The summed E-state index contributed by atoms with van der Waals surface area (Å²) in [6, 6.07) is 0. The minimum Gasteiger partial charge on any atom is -0.496 e. The van der Waals surface area contributed by atoms with Crippen molar-refractivity contribution < 1.29 is 26.7 Å². The predicted molar refractivity (Wildman–Crippen MR) is 45.5 cm³/mol. The molecule has 0 N–H and O–H groups in total. The molecule has 0 saturated carbocycles. The molecule has 7 heteroatoms. The molecule has 0 aliphatic heterocycles. The molecule has 16 heavy (non-hydrogen) atoms. The number of rotatable bonds is 2. The van der Waals surface area contributed by atoms with E-state index in [9.17, 15) is 22.0 Å². The number of aromatic nitrogens is 1. The molecule has 0 fully saturated rings. The normalized spacial score (nSPS) is 12.0. The first-order valence-electron chi connectivity index (χ1n) is 4.17. The Bertz CT molecular complexity index is 388. The molecule has 0 aliphatic rings. The van der Waals surface area contributed by atoms with Crippen molar-refractivity contribution in [3.8, 4) is 5.75 Å². The highest BCUT2D eigenvalue weighted by molar-refractivity contribution is 5.43. The lowest BCUT2D eigenvalue weighted by atomic mass is 10.1. The van der Waals surface area contributed by atoms with E-state index >= 15 is 0 Å². The zero-order valence-corrected chi connectivity index (χ0v) is 8.40. The van der Waals surface area contributed by atoms with Crippen molar-refractivity contribution in [2.45, 2.75) is 19.5 Å². The fourth-order valence-corrected chi connectivity index (χ4v) is 1.29. The molecule has 0 radical (unpaired) electrons. The minimum atomic E-state index is -4.68. The van der Waals surface area contributed by atoms with Crippen LogP contribution in [0.4, 0.5) is 22.0 Å². The van der Waals surface area contributed by atoms with E-state index in [0.29, 0.717) is 6.20 Å². The summed E-state index contributed by atoms with van der Waals surface area (Å²) in [7, 11) is 0.993. The summed E-state index contributed by atoms with van der Waals surface area (Å²) in [5.41, 5.74) is -2.16. The van der Waals surface area contributed by atoms with Gasteiger partial charge in [-0.15, -0.1) is 0 Å². The van der Waals surface area contributed by atoms with Crippen molar-refractivity contribution in [3.63, 3.8) is 0 Å². The van der Waals surface area contributed by atoms with E-state index in [2.05, 4.69) is 9.72 Å². The van der Waals surface area contributed by atoms with Gasteiger partial charge in [0.2, 0.25) is 0 Å². The number of hydrogen-bond donors (Lipinski definition) is 0. The Morgan fingerprint density at radius 2 is 1.88 bits per heavy atom. The van der Waals surface area contributed by atoms with Crippen LogP contribution in [0.15, 0.2) is 6.20 Å². The van der Waals surface area contributed by atoms with Gasteiger partial charge in [-0.1, -0.05) is 0 Å². The van der Waals surface area contributed by atoms with Crippen molar-refractivity contribution in [1.29, 1.82) is 0 Å². The van der Waals surface area contributed by atoms with Gasteiger partial charge in [0, 0.05) is 11.8 Å². The quantitative estimate of drug-likeness (QED) is 0.740. The van der Waals surface area contributed by atoms with Gasteiger partial charge in [-0.25, -0.2) is 8.78 Å². The third-order valence-electron chi connectivity index (χ3n) is 2.02. The molecule has 0 saturated heterocycles. The molecule has 1 aromatic heterocycles. The van der Waals surface area contributed by atoms with E-state index in [1.807, 2.05) is 0 Å². The molecule has 0 aliphatic carbocycles. The standard InChI is InChI=1S/C9H8F5NO/c1-4-6(8(10)11)15-3-5(7(4)16-2)9(12,13)14/h3,8H,1-2H3. The summed E-state index contributed by atoms with van der Waals surface area (Å²) in [5, 5.41) is 0. The highest BCUT2D eigenvalue weighted by atomic mass is 19.4. The second-order valence-electron chi connectivity index (χ2n) is 3.01. The first-order chi connectivity index (χ1) is 7.29. The van der Waals surface area contributed by atoms with Gasteiger partial charge in [0.05, 0.1) is 7.11 Å². The Labute approximate surface area is 88.1 Å². The van der Waals surface area contributed by atoms with Crippen LogP contribution in [0, 0.1) is 6.92 Å². The molecule has 0 amide bonds. The number of hydrogen-bond acceptors (Lipinski definition) is 2. The van der Waals surface area contributed by atoms with Crippen molar-refractivity contribution >= 4 is 0 Å². The smallest absolute Gasteiger partial charge is 0.421 e. The number of alkyl halides is 5. The summed E-state index contributed by atoms with van der Waals surface area (Å²) >= 11 is 0. The van der Waals surface area contributed by atoms with Gasteiger partial charge in [-0.05, 0) is 6.92 Å². The lowest BCUT2D eigenvalue weighted by molar-refractivity contribution is -0.139. The Morgan fingerprint density at radius 3 is 2.25 bits per heavy atom.